The van der Waals surface area contributed by atoms with Crippen molar-refractivity contribution in [2.45, 2.75) is 13.5 Å². The third-order valence-electron chi connectivity index (χ3n) is 3.74. The van der Waals surface area contributed by atoms with Crippen LogP contribution in [0.3, 0.4) is 0 Å². The number of halogens is 1. The quantitative estimate of drug-likeness (QED) is 0.526. The van der Waals surface area contributed by atoms with Gasteiger partial charge in [0, 0.05) is 16.8 Å². The van der Waals surface area contributed by atoms with Gasteiger partial charge in [-0.1, -0.05) is 60.1 Å². The largest absolute Gasteiger partial charge is 0.488 e. The smallest absolute Gasteiger partial charge is 0.128 e. The van der Waals surface area contributed by atoms with Crippen LogP contribution < -0.4 is 4.74 Å². The van der Waals surface area contributed by atoms with Crippen LogP contribution in [0.15, 0.2) is 77.8 Å². The highest BCUT2D eigenvalue weighted by atomic mass is 35.5. The molecule has 120 valence electrons. The summed E-state index contributed by atoms with van der Waals surface area (Å²) in [6, 6.07) is 23.7. The van der Waals surface area contributed by atoms with E-state index in [1.165, 1.54) is 0 Å². The molecule has 3 aromatic rings. The number of nitrogens with zero attached hydrogens (tertiary/aromatic N) is 1. The first-order valence-electron chi connectivity index (χ1n) is 7.79. The molecular weight excluding hydrogens is 318 g/mol. The number of rotatable bonds is 5. The Morgan fingerprint density at radius 2 is 1.67 bits per heavy atom. The van der Waals surface area contributed by atoms with Gasteiger partial charge in [0.1, 0.15) is 12.4 Å². The first-order chi connectivity index (χ1) is 11.7. The minimum absolute atomic E-state index is 0.530. The average Bonchev–Trinajstić information content (AvgIpc) is 2.63. The molecule has 0 aliphatic rings. The molecule has 3 rings (SSSR count). The molecule has 0 heterocycles. The molecule has 0 unspecified atom stereocenters. The highest BCUT2D eigenvalue weighted by molar-refractivity contribution is 6.31. The lowest BCUT2D eigenvalue weighted by molar-refractivity contribution is 0.306. The molecule has 0 saturated carbocycles. The highest BCUT2D eigenvalue weighted by Gasteiger charge is 2.03. The highest BCUT2D eigenvalue weighted by Crippen LogP contribution is 2.26. The van der Waals surface area contributed by atoms with E-state index in [0.717, 1.165) is 33.1 Å². The predicted molar refractivity (Wildman–Crippen MR) is 101 cm³/mol. The number of ether oxygens (including phenoxy) is 1. The summed E-state index contributed by atoms with van der Waals surface area (Å²) in [5.74, 6) is 0.810. The van der Waals surface area contributed by atoms with Crippen molar-refractivity contribution in [2.75, 3.05) is 0 Å². The predicted octanol–water partition coefficient (Wildman–Crippen LogP) is 5.98. The van der Waals surface area contributed by atoms with Gasteiger partial charge in [0.2, 0.25) is 0 Å². The lowest BCUT2D eigenvalue weighted by atomic mass is 10.2. The van der Waals surface area contributed by atoms with Crippen LogP contribution in [0.4, 0.5) is 5.69 Å². The molecule has 0 N–H and O–H groups in total. The summed E-state index contributed by atoms with van der Waals surface area (Å²) in [4.78, 5) is 4.56. The van der Waals surface area contributed by atoms with Gasteiger partial charge >= 0.3 is 0 Å². The van der Waals surface area contributed by atoms with Crippen LogP contribution in [-0.4, -0.2) is 6.21 Å². The average molecular weight is 336 g/mol. The van der Waals surface area contributed by atoms with Crippen LogP contribution in [0.1, 0.15) is 16.7 Å². The molecule has 3 aromatic carbocycles. The monoisotopic (exact) mass is 335 g/mol. The van der Waals surface area contributed by atoms with Crippen molar-refractivity contribution in [1.29, 1.82) is 0 Å². The van der Waals surface area contributed by atoms with Crippen molar-refractivity contribution in [3.05, 3.63) is 94.5 Å². The number of hydrogen-bond donors (Lipinski definition) is 0. The van der Waals surface area contributed by atoms with Crippen molar-refractivity contribution < 1.29 is 4.74 Å². The number of benzene rings is 3. The molecule has 0 spiro atoms. The van der Waals surface area contributed by atoms with Crippen molar-refractivity contribution in [3.63, 3.8) is 0 Å². The molecule has 0 radical (unpaired) electrons. The van der Waals surface area contributed by atoms with Gasteiger partial charge in [-0.05, 0) is 42.3 Å². The summed E-state index contributed by atoms with van der Waals surface area (Å²) in [6.45, 7) is 2.49. The fraction of sp³-hybridized carbons (Fsp3) is 0.0952. The third-order valence-corrected chi connectivity index (χ3v) is 4.15. The molecule has 2 nitrogen and oxygen atoms in total. The fourth-order valence-electron chi connectivity index (χ4n) is 2.33. The molecule has 0 aliphatic carbocycles. The first kappa shape index (κ1) is 16.3. The molecule has 3 heteroatoms. The van der Waals surface area contributed by atoms with E-state index in [9.17, 15) is 0 Å². The normalized spacial score (nSPS) is 10.9. The van der Waals surface area contributed by atoms with E-state index in [2.05, 4.69) is 4.99 Å². The van der Waals surface area contributed by atoms with Crippen LogP contribution in [0.5, 0.6) is 5.75 Å². The van der Waals surface area contributed by atoms with Gasteiger partial charge in [0.05, 0.1) is 5.69 Å². The van der Waals surface area contributed by atoms with E-state index >= 15 is 0 Å². The summed E-state index contributed by atoms with van der Waals surface area (Å²) in [5, 5.41) is 0.721. The molecule has 0 amide bonds. The number of hydrogen-bond acceptors (Lipinski definition) is 2. The number of para-hydroxylation sites is 1. The zero-order valence-electron chi connectivity index (χ0n) is 13.4. The summed E-state index contributed by atoms with van der Waals surface area (Å²) >= 11 is 6.15. The Morgan fingerprint density at radius 3 is 2.50 bits per heavy atom. The van der Waals surface area contributed by atoms with Gasteiger partial charge in [-0.2, -0.15) is 0 Å². The molecular formula is C21H18ClNO. The van der Waals surface area contributed by atoms with Crippen LogP contribution >= 0.6 is 11.6 Å². The Labute approximate surface area is 147 Å². The number of aliphatic imine (C=N–C) groups is 1. The molecule has 0 atom stereocenters. The maximum absolute atomic E-state index is 6.15. The van der Waals surface area contributed by atoms with E-state index in [4.69, 9.17) is 16.3 Å². The van der Waals surface area contributed by atoms with E-state index in [1.54, 1.807) is 0 Å². The molecule has 0 aromatic heterocycles. The summed E-state index contributed by atoms with van der Waals surface area (Å²) < 4.78 is 5.95. The standard InChI is InChI=1S/C21H18ClNO/c1-16-19(22)11-7-12-20(16)23-14-18-10-5-6-13-21(18)24-15-17-8-3-2-4-9-17/h2-14H,15H2,1H3. The van der Waals surface area contributed by atoms with Gasteiger partial charge in [-0.15, -0.1) is 0 Å². The lowest BCUT2D eigenvalue weighted by Crippen LogP contribution is -1.98. The van der Waals surface area contributed by atoms with Crippen LogP contribution in [0.25, 0.3) is 0 Å². The van der Waals surface area contributed by atoms with Gasteiger partial charge in [-0.3, -0.25) is 4.99 Å². The molecule has 0 aliphatic heterocycles. The van der Waals surface area contributed by atoms with E-state index in [0.29, 0.717) is 6.61 Å². The Morgan fingerprint density at radius 1 is 0.917 bits per heavy atom. The Kier molecular flexibility index (Phi) is 5.29. The third kappa shape index (κ3) is 4.03. The topological polar surface area (TPSA) is 21.6 Å². The Balaban J connectivity index is 1.79. The molecule has 0 bridgehead atoms. The minimum atomic E-state index is 0.530. The van der Waals surface area contributed by atoms with E-state index in [-0.39, 0.29) is 0 Å². The van der Waals surface area contributed by atoms with Gasteiger partial charge in [0.25, 0.3) is 0 Å². The minimum Gasteiger partial charge on any atom is -0.488 e. The van der Waals surface area contributed by atoms with Crippen molar-refractivity contribution in [1.82, 2.24) is 0 Å². The first-order valence-corrected chi connectivity index (χ1v) is 8.17. The summed E-state index contributed by atoms with van der Waals surface area (Å²) in [5.41, 5.74) is 3.90. The van der Waals surface area contributed by atoms with E-state index < -0.39 is 0 Å². The van der Waals surface area contributed by atoms with E-state index in [1.807, 2.05) is 85.9 Å². The van der Waals surface area contributed by atoms with Crippen molar-refractivity contribution in [2.24, 2.45) is 4.99 Å². The van der Waals surface area contributed by atoms with Crippen LogP contribution in [0, 0.1) is 6.92 Å². The maximum atomic E-state index is 6.15. The zero-order chi connectivity index (χ0) is 16.8. The lowest BCUT2D eigenvalue weighted by Gasteiger charge is -2.09. The van der Waals surface area contributed by atoms with Crippen LogP contribution in [0.2, 0.25) is 5.02 Å². The second kappa shape index (κ2) is 7.80. The second-order valence-electron chi connectivity index (χ2n) is 5.45. The Bertz CT molecular complexity index is 843. The SMILES string of the molecule is Cc1c(Cl)cccc1N=Cc1ccccc1OCc1ccccc1. The molecule has 0 saturated heterocycles. The van der Waals surface area contributed by atoms with Gasteiger partial charge in [-0.25, -0.2) is 0 Å². The van der Waals surface area contributed by atoms with Crippen molar-refractivity contribution in [3.8, 4) is 5.75 Å². The van der Waals surface area contributed by atoms with Crippen molar-refractivity contribution >= 4 is 23.5 Å². The van der Waals surface area contributed by atoms with Gasteiger partial charge < -0.3 is 4.74 Å². The summed E-state index contributed by atoms with van der Waals surface area (Å²) in [7, 11) is 0. The zero-order valence-corrected chi connectivity index (χ0v) is 14.2. The summed E-state index contributed by atoms with van der Waals surface area (Å²) in [6.07, 6.45) is 1.82. The fourth-order valence-corrected chi connectivity index (χ4v) is 2.50. The van der Waals surface area contributed by atoms with Gasteiger partial charge in [0.15, 0.2) is 0 Å². The Hall–Kier alpha value is -2.58. The second-order valence-corrected chi connectivity index (χ2v) is 5.86. The molecule has 24 heavy (non-hydrogen) atoms. The van der Waals surface area contributed by atoms with Crippen LogP contribution in [-0.2, 0) is 6.61 Å². The molecule has 0 fully saturated rings. The maximum Gasteiger partial charge on any atom is 0.128 e.